The maximum Gasteiger partial charge on any atom is 0.243 e. The van der Waals surface area contributed by atoms with Gasteiger partial charge in [0.2, 0.25) is 5.91 Å². The van der Waals surface area contributed by atoms with Gasteiger partial charge in [-0.25, -0.2) is 0 Å². The van der Waals surface area contributed by atoms with E-state index in [2.05, 4.69) is 30.0 Å². The number of hydrogen-bond acceptors (Lipinski definition) is 2. The smallest absolute Gasteiger partial charge is 0.243 e. The Bertz CT molecular complexity index is 1070. The van der Waals surface area contributed by atoms with Gasteiger partial charge in [0.15, 0.2) is 0 Å². The second-order valence-corrected chi connectivity index (χ2v) is 6.63. The molecule has 1 aromatic heterocycles. The molecule has 2 aromatic carbocycles. The van der Waals surface area contributed by atoms with Crippen LogP contribution in [0.1, 0.15) is 22.3 Å². The molecule has 0 atom stereocenters. The molecule has 142 valence electrons. The minimum absolute atomic E-state index is 0.221. The molecule has 3 rings (SSSR count). The first-order chi connectivity index (χ1) is 13.5. The number of amides is 1. The highest BCUT2D eigenvalue weighted by atomic mass is 35.5. The first kappa shape index (κ1) is 19.5. The molecule has 3 aromatic rings. The minimum Gasteiger partial charge on any atom is -0.487 e. The number of benzene rings is 2. The lowest BCUT2D eigenvalue weighted by Crippen LogP contribution is -2.19. The summed E-state index contributed by atoms with van der Waals surface area (Å²) in [6, 6.07) is 9.70. The normalized spacial score (nSPS) is 10.5. The summed E-state index contributed by atoms with van der Waals surface area (Å²) in [7, 11) is 0. The van der Waals surface area contributed by atoms with E-state index in [0.717, 1.165) is 33.2 Å². The van der Waals surface area contributed by atoms with E-state index in [4.69, 9.17) is 16.3 Å². The fourth-order valence-electron chi connectivity index (χ4n) is 2.93. The first-order valence-electron chi connectivity index (χ1n) is 8.76. The van der Waals surface area contributed by atoms with Crippen molar-refractivity contribution in [2.45, 2.75) is 13.2 Å². The molecule has 0 radical (unpaired) electrons. The van der Waals surface area contributed by atoms with E-state index in [1.54, 1.807) is 12.2 Å². The average Bonchev–Trinajstić information content (AvgIpc) is 3.11. The van der Waals surface area contributed by atoms with E-state index in [1.165, 1.54) is 6.08 Å². The van der Waals surface area contributed by atoms with Crippen molar-refractivity contribution in [2.75, 3.05) is 0 Å². The van der Waals surface area contributed by atoms with Crippen molar-refractivity contribution < 1.29 is 9.53 Å². The maximum atomic E-state index is 11.4. The summed E-state index contributed by atoms with van der Waals surface area (Å²) in [6.07, 6.45) is 6.68. The molecule has 0 spiro atoms. The molecule has 4 nitrogen and oxygen atoms in total. The Kier molecular flexibility index (Phi) is 6.02. The fraction of sp³-hybridized carbons (Fsp3) is 0.0870. The van der Waals surface area contributed by atoms with Crippen LogP contribution in [-0.2, 0) is 17.9 Å². The van der Waals surface area contributed by atoms with Crippen LogP contribution in [0.4, 0.5) is 0 Å². The number of hydrogen-bond donors (Lipinski definition) is 2. The number of carbonyl (C=O) groups excluding carboxylic acids is 1. The average molecular weight is 393 g/mol. The standard InChI is InChI=1S/C23H21ClN2O2/c1-4-16-8-7-15(9-17(16)5-2)14-28-22-10-19-18(13-26-23(27)6-3)12-25-21(19)11-20(22)24/h4-12,25H,1-3,13-14H2,(H,26,27). The number of halogens is 1. The van der Waals surface area contributed by atoms with Gasteiger partial charge in [0.25, 0.3) is 0 Å². The number of ether oxygens (including phenoxy) is 1. The monoisotopic (exact) mass is 392 g/mol. The van der Waals surface area contributed by atoms with Crippen molar-refractivity contribution >= 4 is 40.6 Å². The molecule has 0 fully saturated rings. The zero-order valence-corrected chi connectivity index (χ0v) is 16.2. The van der Waals surface area contributed by atoms with Crippen LogP contribution in [0.3, 0.4) is 0 Å². The van der Waals surface area contributed by atoms with E-state index in [-0.39, 0.29) is 5.91 Å². The molecule has 1 amide bonds. The predicted octanol–water partition coefficient (Wildman–Crippen LogP) is 5.49. The lowest BCUT2D eigenvalue weighted by atomic mass is 10.0. The third kappa shape index (κ3) is 4.18. The van der Waals surface area contributed by atoms with Crippen molar-refractivity contribution in [2.24, 2.45) is 0 Å². The van der Waals surface area contributed by atoms with Gasteiger partial charge in [0.05, 0.1) is 5.02 Å². The summed E-state index contributed by atoms with van der Waals surface area (Å²) in [5.41, 5.74) is 4.85. The van der Waals surface area contributed by atoms with Crippen LogP contribution in [0.25, 0.3) is 23.1 Å². The Labute approximate surface area is 169 Å². The first-order valence-corrected chi connectivity index (χ1v) is 9.14. The molecule has 28 heavy (non-hydrogen) atoms. The summed E-state index contributed by atoms with van der Waals surface area (Å²) in [4.78, 5) is 14.6. The van der Waals surface area contributed by atoms with Crippen LogP contribution in [0.2, 0.25) is 5.02 Å². The number of nitrogens with one attached hydrogen (secondary N) is 2. The summed E-state index contributed by atoms with van der Waals surface area (Å²) in [6.45, 7) is 11.9. The third-order valence-electron chi connectivity index (χ3n) is 4.44. The number of aromatic nitrogens is 1. The van der Waals surface area contributed by atoms with Crippen LogP contribution in [-0.4, -0.2) is 10.9 Å². The molecule has 0 unspecified atom stereocenters. The summed E-state index contributed by atoms with van der Waals surface area (Å²) in [5, 5.41) is 4.23. The topological polar surface area (TPSA) is 54.1 Å². The van der Waals surface area contributed by atoms with Gasteiger partial charge >= 0.3 is 0 Å². The van der Waals surface area contributed by atoms with Gasteiger partial charge in [-0.1, -0.05) is 55.6 Å². The van der Waals surface area contributed by atoms with Crippen LogP contribution >= 0.6 is 11.6 Å². The lowest BCUT2D eigenvalue weighted by Gasteiger charge is -2.11. The van der Waals surface area contributed by atoms with Gasteiger partial charge in [0, 0.05) is 23.6 Å². The van der Waals surface area contributed by atoms with Gasteiger partial charge < -0.3 is 15.0 Å². The van der Waals surface area contributed by atoms with E-state index in [1.807, 2.05) is 36.5 Å². The minimum atomic E-state index is -0.221. The summed E-state index contributed by atoms with van der Waals surface area (Å²) in [5.74, 6) is 0.360. The second kappa shape index (κ2) is 8.63. The number of rotatable bonds is 8. The van der Waals surface area contributed by atoms with E-state index in [9.17, 15) is 4.79 Å². The fourth-order valence-corrected chi connectivity index (χ4v) is 3.15. The Morgan fingerprint density at radius 1 is 1.14 bits per heavy atom. The van der Waals surface area contributed by atoms with Gasteiger partial charge in [-0.3, -0.25) is 4.79 Å². The van der Waals surface area contributed by atoms with Crippen molar-refractivity contribution in [3.05, 3.63) is 89.6 Å². The third-order valence-corrected chi connectivity index (χ3v) is 4.74. The number of aromatic amines is 1. The van der Waals surface area contributed by atoms with Gasteiger partial charge in [0.1, 0.15) is 12.4 Å². The number of carbonyl (C=O) groups is 1. The SMILES string of the molecule is C=CC(=O)NCc1c[nH]c2cc(Cl)c(OCc3ccc(C=C)c(C=C)c3)cc12. The second-order valence-electron chi connectivity index (χ2n) is 6.22. The highest BCUT2D eigenvalue weighted by molar-refractivity contribution is 6.32. The van der Waals surface area contributed by atoms with Crippen molar-refractivity contribution in [1.29, 1.82) is 0 Å². The highest BCUT2D eigenvalue weighted by Crippen LogP contribution is 2.32. The largest absolute Gasteiger partial charge is 0.487 e. The zero-order chi connectivity index (χ0) is 20.1. The molecule has 0 aliphatic rings. The molecule has 5 heteroatoms. The molecule has 0 aliphatic carbocycles. The number of fused-ring (bicyclic) bond motifs is 1. The molecule has 2 N–H and O–H groups in total. The quantitative estimate of drug-likeness (QED) is 0.498. The van der Waals surface area contributed by atoms with Crippen molar-refractivity contribution in [3.8, 4) is 5.75 Å². The van der Waals surface area contributed by atoms with Crippen LogP contribution in [0.5, 0.6) is 5.75 Å². The molecule has 0 bridgehead atoms. The van der Waals surface area contributed by atoms with Gasteiger partial charge in [-0.15, -0.1) is 0 Å². The zero-order valence-electron chi connectivity index (χ0n) is 15.4. The van der Waals surface area contributed by atoms with Crippen LogP contribution < -0.4 is 10.1 Å². The molecule has 0 aliphatic heterocycles. The molecule has 0 saturated heterocycles. The van der Waals surface area contributed by atoms with Crippen molar-refractivity contribution in [3.63, 3.8) is 0 Å². The highest BCUT2D eigenvalue weighted by Gasteiger charge is 2.11. The maximum absolute atomic E-state index is 11.4. The molecular formula is C23H21ClN2O2. The number of H-pyrrole nitrogens is 1. The Hall–Kier alpha value is -3.24. The molecular weight excluding hydrogens is 372 g/mol. The van der Waals surface area contributed by atoms with Crippen LogP contribution in [0, 0.1) is 0 Å². The summed E-state index contributed by atoms with van der Waals surface area (Å²) >= 11 is 6.38. The summed E-state index contributed by atoms with van der Waals surface area (Å²) < 4.78 is 5.97. The Morgan fingerprint density at radius 2 is 1.93 bits per heavy atom. The van der Waals surface area contributed by atoms with E-state index < -0.39 is 0 Å². The lowest BCUT2D eigenvalue weighted by molar-refractivity contribution is -0.116. The Morgan fingerprint density at radius 3 is 2.64 bits per heavy atom. The van der Waals surface area contributed by atoms with E-state index >= 15 is 0 Å². The van der Waals surface area contributed by atoms with Gasteiger partial charge in [-0.05, 0) is 46.5 Å². The van der Waals surface area contributed by atoms with E-state index in [0.29, 0.717) is 23.9 Å². The van der Waals surface area contributed by atoms with Crippen LogP contribution in [0.15, 0.2) is 62.3 Å². The van der Waals surface area contributed by atoms with Gasteiger partial charge in [-0.2, -0.15) is 0 Å². The predicted molar refractivity (Wildman–Crippen MR) is 116 cm³/mol. The Balaban J connectivity index is 1.81. The molecule has 0 saturated carbocycles. The molecule has 1 heterocycles. The van der Waals surface area contributed by atoms with Crippen molar-refractivity contribution in [1.82, 2.24) is 10.3 Å².